The van der Waals surface area contributed by atoms with Crippen molar-refractivity contribution >= 4 is 0 Å². The van der Waals surface area contributed by atoms with Crippen LogP contribution in [0, 0.1) is 0 Å². The standard InChI is InChI=1S/C18H28N2O/c1-21-14-16-7-3-2-6-15(16)12-20(18-9-10-18)13-17-8-4-5-11-19-17/h2-3,6-7,17-19H,4-5,8-14H2,1H3. The molecule has 1 aliphatic heterocycles. The quantitative estimate of drug-likeness (QED) is 0.835. The molecule has 0 radical (unpaired) electrons. The first-order chi connectivity index (χ1) is 10.4. The summed E-state index contributed by atoms with van der Waals surface area (Å²) in [5.41, 5.74) is 2.77. The number of nitrogens with one attached hydrogen (secondary N) is 1. The number of methoxy groups -OCH3 is 1. The molecule has 1 saturated heterocycles. The minimum Gasteiger partial charge on any atom is -0.380 e. The Labute approximate surface area is 128 Å². The second kappa shape index (κ2) is 7.39. The van der Waals surface area contributed by atoms with Crippen LogP contribution in [0.1, 0.15) is 43.2 Å². The van der Waals surface area contributed by atoms with Crippen molar-refractivity contribution in [3.8, 4) is 0 Å². The van der Waals surface area contributed by atoms with Crippen LogP contribution in [0.15, 0.2) is 24.3 Å². The Morgan fingerprint density at radius 1 is 1.14 bits per heavy atom. The fourth-order valence-electron chi connectivity index (χ4n) is 3.37. The van der Waals surface area contributed by atoms with E-state index in [1.807, 2.05) is 0 Å². The third kappa shape index (κ3) is 4.29. The van der Waals surface area contributed by atoms with Crippen LogP contribution in [0.5, 0.6) is 0 Å². The van der Waals surface area contributed by atoms with Crippen molar-refractivity contribution in [1.29, 1.82) is 0 Å². The van der Waals surface area contributed by atoms with E-state index < -0.39 is 0 Å². The van der Waals surface area contributed by atoms with Gasteiger partial charge in [-0.3, -0.25) is 4.90 Å². The Hall–Kier alpha value is -0.900. The summed E-state index contributed by atoms with van der Waals surface area (Å²) in [5.74, 6) is 0. The molecule has 3 nitrogen and oxygen atoms in total. The fraction of sp³-hybridized carbons (Fsp3) is 0.667. The number of ether oxygens (including phenoxy) is 1. The summed E-state index contributed by atoms with van der Waals surface area (Å²) >= 11 is 0. The van der Waals surface area contributed by atoms with Gasteiger partial charge in [-0.15, -0.1) is 0 Å². The largest absolute Gasteiger partial charge is 0.380 e. The maximum absolute atomic E-state index is 5.35. The molecule has 1 atom stereocenters. The van der Waals surface area contributed by atoms with Gasteiger partial charge in [0.15, 0.2) is 0 Å². The van der Waals surface area contributed by atoms with Crippen LogP contribution in [0.3, 0.4) is 0 Å². The monoisotopic (exact) mass is 288 g/mol. The Morgan fingerprint density at radius 2 is 1.95 bits per heavy atom. The second-order valence-corrected chi connectivity index (χ2v) is 6.51. The number of nitrogens with zero attached hydrogens (tertiary/aromatic N) is 1. The highest BCUT2D eigenvalue weighted by atomic mass is 16.5. The Morgan fingerprint density at radius 3 is 2.62 bits per heavy atom. The molecule has 1 aromatic carbocycles. The second-order valence-electron chi connectivity index (χ2n) is 6.51. The highest BCUT2D eigenvalue weighted by Crippen LogP contribution is 2.29. The summed E-state index contributed by atoms with van der Waals surface area (Å²) in [6.45, 7) is 4.19. The summed E-state index contributed by atoms with van der Waals surface area (Å²) in [6, 6.07) is 10.2. The molecule has 3 rings (SSSR count). The summed E-state index contributed by atoms with van der Waals surface area (Å²) in [4.78, 5) is 2.69. The van der Waals surface area contributed by atoms with Crippen molar-refractivity contribution in [3.63, 3.8) is 0 Å². The molecule has 0 amide bonds. The van der Waals surface area contributed by atoms with Gasteiger partial charge in [0.2, 0.25) is 0 Å². The molecular formula is C18H28N2O. The van der Waals surface area contributed by atoms with Gasteiger partial charge in [-0.2, -0.15) is 0 Å². The van der Waals surface area contributed by atoms with Crippen molar-refractivity contribution in [2.45, 2.75) is 57.3 Å². The van der Waals surface area contributed by atoms with E-state index in [4.69, 9.17) is 4.74 Å². The summed E-state index contributed by atoms with van der Waals surface area (Å²) < 4.78 is 5.35. The van der Waals surface area contributed by atoms with Crippen LogP contribution in [0.25, 0.3) is 0 Å². The van der Waals surface area contributed by atoms with Gasteiger partial charge in [0.25, 0.3) is 0 Å². The molecule has 1 aliphatic carbocycles. The maximum atomic E-state index is 5.35. The predicted octanol–water partition coefficient (Wildman–Crippen LogP) is 2.94. The minimum absolute atomic E-state index is 0.689. The summed E-state index contributed by atoms with van der Waals surface area (Å²) in [7, 11) is 1.78. The average Bonchev–Trinajstić information content (AvgIpc) is 3.35. The Kier molecular flexibility index (Phi) is 5.28. The van der Waals surface area contributed by atoms with E-state index in [9.17, 15) is 0 Å². The normalized spacial score (nSPS) is 22.7. The smallest absolute Gasteiger partial charge is 0.0716 e. The number of piperidine rings is 1. The first-order valence-electron chi connectivity index (χ1n) is 8.40. The van der Waals surface area contributed by atoms with Crippen LogP contribution >= 0.6 is 0 Å². The van der Waals surface area contributed by atoms with E-state index in [0.717, 1.165) is 19.2 Å². The van der Waals surface area contributed by atoms with Crippen molar-refractivity contribution < 1.29 is 4.74 Å². The summed E-state index contributed by atoms with van der Waals surface area (Å²) in [6.07, 6.45) is 6.81. The van der Waals surface area contributed by atoms with Gasteiger partial charge < -0.3 is 10.1 Å². The van der Waals surface area contributed by atoms with Crippen LogP contribution in [0.2, 0.25) is 0 Å². The van der Waals surface area contributed by atoms with Crippen LogP contribution in [-0.4, -0.2) is 37.2 Å². The SMILES string of the molecule is COCc1ccccc1CN(CC1CCCCN1)C1CC1. The maximum Gasteiger partial charge on any atom is 0.0716 e. The molecule has 1 heterocycles. The number of hydrogen-bond donors (Lipinski definition) is 1. The lowest BCUT2D eigenvalue weighted by atomic mass is 10.0. The molecule has 1 unspecified atom stereocenters. The molecule has 3 heteroatoms. The summed E-state index contributed by atoms with van der Waals surface area (Å²) in [5, 5.41) is 3.69. The van der Waals surface area contributed by atoms with E-state index >= 15 is 0 Å². The van der Waals surface area contributed by atoms with Crippen molar-refractivity contribution in [3.05, 3.63) is 35.4 Å². The van der Waals surface area contributed by atoms with Crippen LogP contribution in [0.4, 0.5) is 0 Å². The van der Waals surface area contributed by atoms with Crippen LogP contribution in [-0.2, 0) is 17.9 Å². The first-order valence-corrected chi connectivity index (χ1v) is 8.40. The molecule has 2 fully saturated rings. The molecule has 0 aromatic heterocycles. The van der Waals surface area contributed by atoms with Crippen molar-refractivity contribution in [1.82, 2.24) is 10.2 Å². The molecule has 1 N–H and O–H groups in total. The molecule has 0 bridgehead atoms. The molecule has 2 aliphatic rings. The zero-order valence-corrected chi connectivity index (χ0v) is 13.2. The molecule has 116 valence electrons. The molecule has 1 aromatic rings. The predicted molar refractivity (Wildman–Crippen MR) is 86.2 cm³/mol. The zero-order valence-electron chi connectivity index (χ0n) is 13.2. The van der Waals surface area contributed by atoms with E-state index in [1.54, 1.807) is 7.11 Å². The molecule has 21 heavy (non-hydrogen) atoms. The Bertz CT molecular complexity index is 439. The van der Waals surface area contributed by atoms with Gasteiger partial charge >= 0.3 is 0 Å². The van der Waals surface area contributed by atoms with E-state index in [2.05, 4.69) is 34.5 Å². The average molecular weight is 288 g/mol. The highest BCUT2D eigenvalue weighted by Gasteiger charge is 2.31. The topological polar surface area (TPSA) is 24.5 Å². The highest BCUT2D eigenvalue weighted by molar-refractivity contribution is 5.26. The van der Waals surface area contributed by atoms with Gasteiger partial charge in [0, 0.05) is 32.3 Å². The van der Waals surface area contributed by atoms with Gasteiger partial charge in [-0.25, -0.2) is 0 Å². The molecule has 0 spiro atoms. The van der Waals surface area contributed by atoms with Gasteiger partial charge in [0.05, 0.1) is 6.61 Å². The molecule has 1 saturated carbocycles. The van der Waals surface area contributed by atoms with Gasteiger partial charge in [-0.05, 0) is 43.4 Å². The lowest BCUT2D eigenvalue weighted by molar-refractivity contribution is 0.179. The van der Waals surface area contributed by atoms with E-state index in [-0.39, 0.29) is 0 Å². The van der Waals surface area contributed by atoms with E-state index in [0.29, 0.717) is 6.04 Å². The van der Waals surface area contributed by atoms with Gasteiger partial charge in [0.1, 0.15) is 0 Å². The lowest BCUT2D eigenvalue weighted by Gasteiger charge is -2.31. The number of benzene rings is 1. The Balaban J connectivity index is 1.64. The third-order valence-electron chi connectivity index (χ3n) is 4.72. The van der Waals surface area contributed by atoms with Crippen molar-refractivity contribution in [2.24, 2.45) is 0 Å². The van der Waals surface area contributed by atoms with E-state index in [1.165, 1.54) is 56.3 Å². The van der Waals surface area contributed by atoms with Crippen molar-refractivity contribution in [2.75, 3.05) is 20.2 Å². The fourth-order valence-corrected chi connectivity index (χ4v) is 3.37. The minimum atomic E-state index is 0.689. The van der Waals surface area contributed by atoms with Gasteiger partial charge in [-0.1, -0.05) is 30.7 Å². The number of rotatable bonds is 7. The zero-order chi connectivity index (χ0) is 14.5. The molecular weight excluding hydrogens is 260 g/mol. The lowest BCUT2D eigenvalue weighted by Crippen LogP contribution is -2.44. The van der Waals surface area contributed by atoms with Crippen LogP contribution < -0.4 is 5.32 Å². The number of hydrogen-bond acceptors (Lipinski definition) is 3. The first kappa shape index (κ1) is 15.0. The third-order valence-corrected chi connectivity index (χ3v) is 4.72.